The first-order valence-electron chi connectivity index (χ1n) is 17.6. The number of aromatic nitrogens is 1. The monoisotopic (exact) mass is 762 g/mol. The Morgan fingerprint density at radius 3 is 2.60 bits per heavy atom. The maximum Gasteiger partial charge on any atom is 0.320 e. The Kier molecular flexibility index (Phi) is 14.7. The summed E-state index contributed by atoms with van der Waals surface area (Å²) in [6.07, 6.45) is 5.37. The molecule has 13 heteroatoms. The molecule has 0 spiro atoms. The SMILES string of the molecule is Cc1c(OCCCNCC(O)CO)cccc1-c1cccc(COc2cc(OCc3cncc(C#N)c3)c(CN3CCCC[C@H]3C(=O)O)cc2Cl)c1Cl. The molecule has 0 aliphatic carbocycles. The first kappa shape index (κ1) is 39.8. The van der Waals surface area contributed by atoms with E-state index in [1.807, 2.05) is 48.2 Å². The molecule has 1 aliphatic rings. The number of nitrogens with zero attached hydrogens (tertiary/aromatic N) is 3. The lowest BCUT2D eigenvalue weighted by molar-refractivity contribution is -0.144. The average Bonchev–Trinajstić information content (AvgIpc) is 3.16. The van der Waals surface area contributed by atoms with E-state index in [-0.39, 0.29) is 19.8 Å². The third-order valence-electron chi connectivity index (χ3n) is 9.09. The molecule has 53 heavy (non-hydrogen) atoms. The molecule has 0 radical (unpaired) electrons. The van der Waals surface area contributed by atoms with Crippen LogP contribution in [-0.2, 0) is 24.6 Å². The maximum atomic E-state index is 12.0. The van der Waals surface area contributed by atoms with Crippen LogP contribution in [0.5, 0.6) is 17.2 Å². The number of nitrogens with one attached hydrogen (secondary N) is 1. The van der Waals surface area contributed by atoms with E-state index >= 15 is 0 Å². The van der Waals surface area contributed by atoms with Gasteiger partial charge >= 0.3 is 5.97 Å². The lowest BCUT2D eigenvalue weighted by Gasteiger charge is -2.33. The van der Waals surface area contributed by atoms with E-state index in [9.17, 15) is 20.3 Å². The zero-order valence-corrected chi connectivity index (χ0v) is 31.1. The normalized spacial score (nSPS) is 15.1. The summed E-state index contributed by atoms with van der Waals surface area (Å²) in [5.74, 6) is 0.736. The van der Waals surface area contributed by atoms with E-state index in [0.29, 0.717) is 77.4 Å². The quantitative estimate of drug-likeness (QED) is 0.0816. The number of aliphatic carboxylic acids is 1. The molecule has 0 bridgehead atoms. The van der Waals surface area contributed by atoms with Crippen LogP contribution in [0.2, 0.25) is 10.0 Å². The number of carbonyl (C=O) groups is 1. The Morgan fingerprint density at radius 2 is 1.81 bits per heavy atom. The van der Waals surface area contributed by atoms with Gasteiger partial charge in [0.25, 0.3) is 0 Å². The minimum atomic E-state index is -0.854. The zero-order valence-electron chi connectivity index (χ0n) is 29.6. The van der Waals surface area contributed by atoms with Crippen molar-refractivity contribution in [3.05, 3.63) is 105 Å². The van der Waals surface area contributed by atoms with Crippen molar-refractivity contribution in [3.63, 3.8) is 0 Å². The molecule has 5 rings (SSSR count). The predicted octanol–water partition coefficient (Wildman–Crippen LogP) is 6.54. The molecule has 4 N–H and O–H groups in total. The van der Waals surface area contributed by atoms with Gasteiger partial charge in [0.15, 0.2) is 0 Å². The molecule has 2 atom stereocenters. The lowest BCUT2D eigenvalue weighted by Crippen LogP contribution is -2.44. The first-order chi connectivity index (χ1) is 25.7. The van der Waals surface area contributed by atoms with E-state index in [1.165, 1.54) is 6.20 Å². The van der Waals surface area contributed by atoms with Crippen molar-refractivity contribution in [2.24, 2.45) is 0 Å². The molecule has 1 fully saturated rings. The summed E-state index contributed by atoms with van der Waals surface area (Å²) in [5.41, 5.74) is 5.26. The molecular formula is C40H44Cl2N4O7. The van der Waals surface area contributed by atoms with Crippen molar-refractivity contribution in [1.29, 1.82) is 5.26 Å². The number of benzene rings is 3. The molecule has 0 saturated carbocycles. The molecule has 1 saturated heterocycles. The number of rotatable bonds is 18. The van der Waals surface area contributed by atoms with Crippen LogP contribution in [0.1, 0.15) is 53.5 Å². The minimum absolute atomic E-state index is 0.111. The highest BCUT2D eigenvalue weighted by Crippen LogP contribution is 2.39. The third-order valence-corrected chi connectivity index (χ3v) is 9.83. The van der Waals surface area contributed by atoms with Gasteiger partial charge in [0.05, 0.1) is 34.9 Å². The second-order valence-corrected chi connectivity index (χ2v) is 13.7. The van der Waals surface area contributed by atoms with Gasteiger partial charge in [-0.15, -0.1) is 0 Å². The van der Waals surface area contributed by atoms with E-state index in [4.69, 9.17) is 42.5 Å². The van der Waals surface area contributed by atoms with Crippen molar-refractivity contribution in [2.45, 2.75) is 64.5 Å². The summed E-state index contributed by atoms with van der Waals surface area (Å²) in [6.45, 7) is 4.34. The number of ether oxygens (including phenoxy) is 3. The van der Waals surface area contributed by atoms with Gasteiger partial charge in [0.2, 0.25) is 0 Å². The van der Waals surface area contributed by atoms with Gasteiger partial charge < -0.3 is 34.8 Å². The van der Waals surface area contributed by atoms with Gasteiger partial charge in [-0.2, -0.15) is 5.26 Å². The fraction of sp³-hybridized carbons (Fsp3) is 0.375. The highest BCUT2D eigenvalue weighted by atomic mass is 35.5. The third kappa shape index (κ3) is 10.8. The Balaban J connectivity index is 1.32. The first-order valence-corrected chi connectivity index (χ1v) is 18.3. The predicted molar refractivity (Wildman–Crippen MR) is 202 cm³/mol. The maximum absolute atomic E-state index is 12.0. The fourth-order valence-electron chi connectivity index (χ4n) is 6.24. The molecule has 4 aromatic rings. The number of aliphatic hydroxyl groups excluding tert-OH is 2. The molecule has 2 heterocycles. The van der Waals surface area contributed by atoms with Gasteiger partial charge in [-0.3, -0.25) is 14.7 Å². The van der Waals surface area contributed by atoms with Crippen LogP contribution in [-0.4, -0.2) is 76.2 Å². The second kappa shape index (κ2) is 19.6. The van der Waals surface area contributed by atoms with Crippen LogP contribution in [0, 0.1) is 18.3 Å². The number of carboxylic acids is 1. The Labute approximate surface area is 319 Å². The Hall–Kier alpha value is -4.41. The summed E-state index contributed by atoms with van der Waals surface area (Å²) in [5, 5.41) is 41.6. The van der Waals surface area contributed by atoms with Crippen molar-refractivity contribution < 1.29 is 34.3 Å². The van der Waals surface area contributed by atoms with E-state index in [0.717, 1.165) is 47.3 Å². The molecule has 1 aliphatic heterocycles. The van der Waals surface area contributed by atoms with Crippen LogP contribution >= 0.6 is 23.2 Å². The van der Waals surface area contributed by atoms with Crippen molar-refractivity contribution >= 4 is 29.2 Å². The number of hydrogen-bond acceptors (Lipinski definition) is 10. The summed E-state index contributed by atoms with van der Waals surface area (Å²) < 4.78 is 18.6. The van der Waals surface area contributed by atoms with Crippen molar-refractivity contribution in [1.82, 2.24) is 15.2 Å². The average molecular weight is 764 g/mol. The topological polar surface area (TPSA) is 157 Å². The van der Waals surface area contributed by atoms with Crippen LogP contribution in [0.4, 0.5) is 0 Å². The fourth-order valence-corrected chi connectivity index (χ4v) is 6.76. The molecule has 1 aromatic heterocycles. The van der Waals surface area contributed by atoms with Crippen LogP contribution in [0.25, 0.3) is 11.1 Å². The number of halogens is 2. The lowest BCUT2D eigenvalue weighted by atomic mass is 9.98. The number of carboxylic acid groups (broad SMARTS) is 1. The van der Waals surface area contributed by atoms with Crippen LogP contribution in [0.3, 0.4) is 0 Å². The minimum Gasteiger partial charge on any atom is -0.493 e. The number of hydrogen-bond donors (Lipinski definition) is 4. The van der Waals surface area contributed by atoms with E-state index in [2.05, 4.69) is 16.4 Å². The summed E-state index contributed by atoms with van der Waals surface area (Å²) >= 11 is 13.8. The van der Waals surface area contributed by atoms with E-state index < -0.39 is 18.1 Å². The van der Waals surface area contributed by atoms with Crippen molar-refractivity contribution in [2.75, 3.05) is 32.8 Å². The molecule has 0 amide bonds. The van der Waals surface area contributed by atoms with Gasteiger partial charge in [-0.05, 0) is 68.6 Å². The summed E-state index contributed by atoms with van der Waals surface area (Å²) in [7, 11) is 0. The largest absolute Gasteiger partial charge is 0.493 e. The second-order valence-electron chi connectivity index (χ2n) is 12.9. The number of likely N-dealkylation sites (tertiary alicyclic amines) is 1. The summed E-state index contributed by atoms with van der Waals surface area (Å²) in [6, 6.07) is 18.2. The number of aliphatic hydroxyl groups is 2. The highest BCUT2D eigenvalue weighted by Gasteiger charge is 2.29. The summed E-state index contributed by atoms with van der Waals surface area (Å²) in [4.78, 5) is 18.1. The zero-order chi connectivity index (χ0) is 37.7. The number of piperidine rings is 1. The number of pyridine rings is 1. The van der Waals surface area contributed by atoms with Gasteiger partial charge in [-0.25, -0.2) is 0 Å². The van der Waals surface area contributed by atoms with Crippen LogP contribution in [0.15, 0.2) is 67.0 Å². The Morgan fingerprint density at radius 1 is 1.02 bits per heavy atom. The molecular weight excluding hydrogens is 719 g/mol. The number of nitriles is 1. The highest BCUT2D eigenvalue weighted by molar-refractivity contribution is 6.34. The molecule has 1 unspecified atom stereocenters. The molecule has 11 nitrogen and oxygen atoms in total. The van der Waals surface area contributed by atoms with Crippen LogP contribution < -0.4 is 19.5 Å². The standard InChI is InChI=1S/C40H44Cl2N4O7/c1-26-32(8-5-11-36(26)51-14-6-12-44-21-31(48)23-47)33-9-4-7-29(39(33)42)25-53-38-17-37(52-24-28-15-27(18-43)19-45-20-28)30(16-34(38)41)22-46-13-3-2-10-35(46)40(49)50/h4-5,7-9,11,15-17,19-20,31,35,44,47-48H,2-3,6,10,12-14,21-25H2,1H3,(H,49,50)/t31?,35-/m0/s1. The Bertz CT molecular complexity index is 1900. The van der Waals surface area contributed by atoms with E-state index in [1.54, 1.807) is 24.4 Å². The van der Waals surface area contributed by atoms with Crippen molar-refractivity contribution in [3.8, 4) is 34.4 Å². The van der Waals surface area contributed by atoms with Gasteiger partial charge in [0.1, 0.15) is 42.6 Å². The molecule has 3 aromatic carbocycles. The smallest absolute Gasteiger partial charge is 0.320 e. The van der Waals surface area contributed by atoms with Gasteiger partial charge in [0, 0.05) is 53.8 Å². The molecule has 280 valence electrons. The van der Waals surface area contributed by atoms with Gasteiger partial charge in [-0.1, -0.05) is 60.0 Å².